The molecule has 11 heteroatoms. The monoisotopic (exact) mass is 457 g/mol. The zero-order chi connectivity index (χ0) is 22.5. The first kappa shape index (κ1) is 20.8. The van der Waals surface area contributed by atoms with Gasteiger partial charge in [0.25, 0.3) is 5.91 Å². The summed E-state index contributed by atoms with van der Waals surface area (Å²) in [4.78, 5) is 41.0. The number of carbonyl (C=O) groups excluding carboxylic acids is 2. The van der Waals surface area contributed by atoms with Crippen molar-refractivity contribution in [3.63, 3.8) is 0 Å². The lowest BCUT2D eigenvalue weighted by molar-refractivity contribution is -0.122. The van der Waals surface area contributed by atoms with Gasteiger partial charge >= 0.3 is 0 Å². The van der Waals surface area contributed by atoms with Gasteiger partial charge < -0.3 is 14.5 Å². The SMILES string of the molecule is CS(=O)(=O)C1CN(c2ncc(N3CC[C@@H](Oc4ccc(C(=O)C5CC5)nc4)C3=O)cn2)C1. The van der Waals surface area contributed by atoms with Crippen LogP contribution in [0, 0.1) is 5.92 Å². The minimum atomic E-state index is -3.06. The van der Waals surface area contributed by atoms with E-state index in [1.165, 1.54) is 12.5 Å². The second-order valence-electron chi connectivity index (χ2n) is 8.50. The van der Waals surface area contributed by atoms with Gasteiger partial charge in [0.2, 0.25) is 5.95 Å². The van der Waals surface area contributed by atoms with Crippen LogP contribution in [-0.4, -0.2) is 72.3 Å². The predicted molar refractivity (Wildman–Crippen MR) is 116 cm³/mol. The fraction of sp³-hybridized carbons (Fsp3) is 0.476. The van der Waals surface area contributed by atoms with Crippen molar-refractivity contribution in [1.29, 1.82) is 0 Å². The van der Waals surface area contributed by atoms with Crippen LogP contribution >= 0.6 is 0 Å². The van der Waals surface area contributed by atoms with E-state index in [-0.39, 0.29) is 22.9 Å². The Hall–Kier alpha value is -3.08. The number of Topliss-reactive ketones (excluding diaryl/α,β-unsaturated/α-hetero) is 1. The minimum absolute atomic E-state index is 0.0631. The molecule has 0 N–H and O–H groups in total. The third kappa shape index (κ3) is 4.04. The minimum Gasteiger partial charge on any atom is -0.479 e. The molecule has 1 amide bonds. The first-order valence-corrected chi connectivity index (χ1v) is 12.5. The van der Waals surface area contributed by atoms with Gasteiger partial charge in [-0.1, -0.05) is 0 Å². The Bertz CT molecular complexity index is 1140. The lowest BCUT2D eigenvalue weighted by Gasteiger charge is -2.37. The maximum Gasteiger partial charge on any atom is 0.268 e. The lowest BCUT2D eigenvalue weighted by atomic mass is 10.2. The normalized spacial score (nSPS) is 21.5. The van der Waals surface area contributed by atoms with E-state index in [0.29, 0.717) is 49.1 Å². The van der Waals surface area contributed by atoms with Crippen LogP contribution in [0.15, 0.2) is 30.7 Å². The average Bonchev–Trinajstić information content (AvgIpc) is 3.51. The molecule has 3 fully saturated rings. The van der Waals surface area contributed by atoms with Gasteiger partial charge in [0.1, 0.15) is 11.4 Å². The molecule has 0 unspecified atom stereocenters. The Morgan fingerprint density at radius 1 is 1.06 bits per heavy atom. The highest BCUT2D eigenvalue weighted by Crippen LogP contribution is 2.32. The van der Waals surface area contributed by atoms with Crippen LogP contribution in [0.5, 0.6) is 5.75 Å². The zero-order valence-electron chi connectivity index (χ0n) is 17.5. The van der Waals surface area contributed by atoms with Gasteiger partial charge in [0.15, 0.2) is 21.7 Å². The smallest absolute Gasteiger partial charge is 0.268 e. The number of sulfone groups is 1. The standard InChI is InChI=1S/C21H23N5O5S/c1-32(29,30)16-11-25(12-16)21-23-8-14(9-24-21)26-7-6-18(20(26)28)31-15-4-5-17(22-10-15)19(27)13-2-3-13/h4-5,8-10,13,16,18H,2-3,6-7,11-12H2,1H3/t18-/m1/s1. The highest BCUT2D eigenvalue weighted by molar-refractivity contribution is 7.91. The van der Waals surface area contributed by atoms with E-state index in [1.807, 2.05) is 0 Å². The molecule has 1 atom stereocenters. The molecular formula is C21H23N5O5S. The van der Waals surface area contributed by atoms with E-state index in [9.17, 15) is 18.0 Å². The molecule has 10 nitrogen and oxygen atoms in total. The topological polar surface area (TPSA) is 123 Å². The fourth-order valence-electron chi connectivity index (χ4n) is 3.82. The van der Waals surface area contributed by atoms with Crippen molar-refractivity contribution in [3.05, 3.63) is 36.4 Å². The number of ketones is 1. The molecule has 4 heterocycles. The summed E-state index contributed by atoms with van der Waals surface area (Å²) in [5, 5.41) is -0.390. The molecule has 2 aromatic heterocycles. The average molecular weight is 458 g/mol. The molecule has 5 rings (SSSR count). The molecule has 2 saturated heterocycles. The second-order valence-corrected chi connectivity index (χ2v) is 10.8. The fourth-order valence-corrected chi connectivity index (χ4v) is 4.72. The number of rotatable bonds is 7. The predicted octanol–water partition coefficient (Wildman–Crippen LogP) is 0.882. The Morgan fingerprint density at radius 3 is 2.38 bits per heavy atom. The Morgan fingerprint density at radius 2 is 1.78 bits per heavy atom. The molecule has 0 bridgehead atoms. The van der Waals surface area contributed by atoms with Gasteiger partial charge in [-0.25, -0.2) is 23.4 Å². The van der Waals surface area contributed by atoms with Crippen LogP contribution in [-0.2, 0) is 14.6 Å². The third-order valence-corrected chi connectivity index (χ3v) is 7.55. The molecular weight excluding hydrogens is 434 g/mol. The molecule has 3 aliphatic rings. The molecule has 2 aliphatic heterocycles. The molecule has 0 aromatic carbocycles. The number of anilines is 2. The molecule has 1 saturated carbocycles. The van der Waals surface area contributed by atoms with Crippen molar-refractivity contribution < 1.29 is 22.7 Å². The van der Waals surface area contributed by atoms with Crippen LogP contribution in [0.2, 0.25) is 0 Å². The largest absolute Gasteiger partial charge is 0.479 e. The first-order valence-electron chi connectivity index (χ1n) is 10.5. The zero-order valence-corrected chi connectivity index (χ0v) is 18.4. The van der Waals surface area contributed by atoms with E-state index in [1.54, 1.807) is 34.3 Å². The van der Waals surface area contributed by atoms with E-state index >= 15 is 0 Å². The van der Waals surface area contributed by atoms with Crippen LogP contribution in [0.25, 0.3) is 0 Å². The number of ether oxygens (including phenoxy) is 1. The third-order valence-electron chi connectivity index (χ3n) is 6.04. The van der Waals surface area contributed by atoms with Crippen LogP contribution < -0.4 is 14.5 Å². The van der Waals surface area contributed by atoms with Crippen LogP contribution in [0.3, 0.4) is 0 Å². The molecule has 0 spiro atoms. The van der Waals surface area contributed by atoms with Crippen molar-refractivity contribution in [3.8, 4) is 5.75 Å². The van der Waals surface area contributed by atoms with E-state index in [4.69, 9.17) is 4.74 Å². The number of pyridine rings is 1. The van der Waals surface area contributed by atoms with E-state index in [0.717, 1.165) is 12.8 Å². The first-order chi connectivity index (χ1) is 15.3. The number of nitrogens with zero attached hydrogens (tertiary/aromatic N) is 5. The van der Waals surface area contributed by atoms with Crippen LogP contribution in [0.4, 0.5) is 11.6 Å². The van der Waals surface area contributed by atoms with Gasteiger partial charge in [-0.2, -0.15) is 0 Å². The summed E-state index contributed by atoms with van der Waals surface area (Å²) in [6, 6.07) is 3.32. The van der Waals surface area contributed by atoms with Gasteiger partial charge in [0, 0.05) is 38.2 Å². The van der Waals surface area contributed by atoms with Crippen LogP contribution in [0.1, 0.15) is 29.8 Å². The highest BCUT2D eigenvalue weighted by atomic mass is 32.2. The summed E-state index contributed by atoms with van der Waals surface area (Å²) in [5.41, 5.74) is 0.995. The van der Waals surface area contributed by atoms with Gasteiger partial charge in [-0.15, -0.1) is 0 Å². The van der Waals surface area contributed by atoms with Crippen molar-refractivity contribution in [1.82, 2.24) is 15.0 Å². The number of hydrogen-bond acceptors (Lipinski definition) is 9. The Balaban J connectivity index is 1.19. The number of hydrogen-bond donors (Lipinski definition) is 0. The summed E-state index contributed by atoms with van der Waals surface area (Å²) in [7, 11) is -3.06. The molecule has 0 radical (unpaired) electrons. The van der Waals surface area contributed by atoms with Crippen molar-refractivity contribution in [2.45, 2.75) is 30.6 Å². The van der Waals surface area contributed by atoms with E-state index < -0.39 is 15.9 Å². The maximum absolute atomic E-state index is 12.8. The summed E-state index contributed by atoms with van der Waals surface area (Å²) < 4.78 is 28.9. The Labute approximate surface area is 185 Å². The van der Waals surface area contributed by atoms with Crippen molar-refractivity contribution >= 4 is 33.2 Å². The number of aromatic nitrogens is 3. The summed E-state index contributed by atoms with van der Waals surface area (Å²) in [5.74, 6) is 0.867. The summed E-state index contributed by atoms with van der Waals surface area (Å²) in [6.45, 7) is 1.21. The van der Waals surface area contributed by atoms with Gasteiger partial charge in [-0.05, 0) is 25.0 Å². The summed E-state index contributed by atoms with van der Waals surface area (Å²) >= 11 is 0. The Kier molecular flexibility index (Phi) is 5.07. The molecule has 2 aromatic rings. The number of carbonyl (C=O) groups is 2. The second kappa shape index (κ2) is 7.80. The van der Waals surface area contributed by atoms with E-state index in [2.05, 4.69) is 15.0 Å². The number of amides is 1. The van der Waals surface area contributed by atoms with Crippen molar-refractivity contribution in [2.24, 2.45) is 5.92 Å². The quantitative estimate of drug-likeness (QED) is 0.558. The van der Waals surface area contributed by atoms with Gasteiger partial charge in [0.05, 0.1) is 29.5 Å². The lowest BCUT2D eigenvalue weighted by Crippen LogP contribution is -2.55. The highest BCUT2D eigenvalue weighted by Gasteiger charge is 2.37. The van der Waals surface area contributed by atoms with Gasteiger partial charge in [-0.3, -0.25) is 9.59 Å². The molecule has 1 aliphatic carbocycles. The maximum atomic E-state index is 12.8. The summed E-state index contributed by atoms with van der Waals surface area (Å²) in [6.07, 6.45) is 7.56. The molecule has 168 valence electrons. The molecule has 32 heavy (non-hydrogen) atoms. The van der Waals surface area contributed by atoms with Crippen molar-refractivity contribution in [2.75, 3.05) is 35.7 Å².